The second kappa shape index (κ2) is 15.3. The van der Waals surface area contributed by atoms with Crippen molar-refractivity contribution >= 4 is 18.1 Å². The van der Waals surface area contributed by atoms with Gasteiger partial charge in [-0.1, -0.05) is 13.8 Å². The van der Waals surface area contributed by atoms with Gasteiger partial charge in [-0.2, -0.15) is 4.98 Å². The summed E-state index contributed by atoms with van der Waals surface area (Å²) in [7, 11) is 1.68. The number of ether oxygens (including phenoxy) is 2. The van der Waals surface area contributed by atoms with Crippen molar-refractivity contribution in [3.8, 4) is 0 Å². The van der Waals surface area contributed by atoms with Gasteiger partial charge >= 0.3 is 11.7 Å². The quantitative estimate of drug-likeness (QED) is 0.545. The number of nitrogens with one attached hydrogen (secondary N) is 1. The van der Waals surface area contributed by atoms with E-state index in [0.29, 0.717) is 5.82 Å². The van der Waals surface area contributed by atoms with Crippen LogP contribution in [0.5, 0.6) is 0 Å². The number of carbonyl (C=O) groups excluding carboxylic acids is 2. The Labute approximate surface area is 148 Å². The van der Waals surface area contributed by atoms with Crippen molar-refractivity contribution < 1.29 is 19.1 Å². The molecule has 0 fully saturated rings. The smallest absolute Gasteiger partial charge is 0.351 e. The van der Waals surface area contributed by atoms with Crippen LogP contribution in [0, 0.1) is 0 Å². The zero-order valence-corrected chi connectivity index (χ0v) is 15.8. The van der Waals surface area contributed by atoms with Crippen molar-refractivity contribution in [1.82, 2.24) is 9.55 Å². The predicted molar refractivity (Wildman–Crippen MR) is 96.4 cm³/mol. The molecule has 0 aliphatic rings. The van der Waals surface area contributed by atoms with Gasteiger partial charge in [0.2, 0.25) is 0 Å². The van der Waals surface area contributed by atoms with Gasteiger partial charge < -0.3 is 25.3 Å². The molecule has 3 N–H and O–H groups in total. The number of carbonyl (C=O) groups is 2. The summed E-state index contributed by atoms with van der Waals surface area (Å²) < 4.78 is 11.8. The summed E-state index contributed by atoms with van der Waals surface area (Å²) in [6.07, 6.45) is 1.45. The molecule has 1 aromatic heterocycles. The fourth-order valence-electron chi connectivity index (χ4n) is 1.54. The molecule has 2 atom stereocenters. The summed E-state index contributed by atoms with van der Waals surface area (Å²) in [5.41, 5.74) is 4.70. The van der Waals surface area contributed by atoms with E-state index in [1.165, 1.54) is 11.5 Å². The van der Waals surface area contributed by atoms with Crippen LogP contribution in [0.15, 0.2) is 17.1 Å². The van der Waals surface area contributed by atoms with E-state index in [2.05, 4.69) is 10.3 Å². The average Bonchev–Trinajstić information content (AvgIpc) is 2.61. The number of hydrogen-bond donors (Lipinski definition) is 2. The number of nitrogens with two attached hydrogens (primary N) is 1. The van der Waals surface area contributed by atoms with Gasteiger partial charge in [0.15, 0.2) is 0 Å². The first-order valence-corrected chi connectivity index (χ1v) is 8.07. The number of rotatable bonds is 7. The highest BCUT2D eigenvalue weighted by atomic mass is 16.6. The molecule has 1 aromatic rings. The fraction of sp³-hybridized carbons (Fsp3) is 0.625. The molecule has 144 valence electrons. The van der Waals surface area contributed by atoms with Crippen LogP contribution in [-0.4, -0.2) is 48.1 Å². The Morgan fingerprint density at radius 3 is 2.44 bits per heavy atom. The van der Waals surface area contributed by atoms with Crippen molar-refractivity contribution in [3.05, 3.63) is 22.7 Å². The van der Waals surface area contributed by atoms with E-state index in [4.69, 9.17) is 20.0 Å². The largest absolute Gasteiger partial charge is 0.462 e. The molecule has 9 heteroatoms. The molecule has 1 heterocycles. The van der Waals surface area contributed by atoms with Gasteiger partial charge in [0.1, 0.15) is 24.9 Å². The van der Waals surface area contributed by atoms with Crippen molar-refractivity contribution in [2.45, 2.75) is 47.0 Å². The zero-order valence-electron chi connectivity index (χ0n) is 15.8. The molecule has 0 bridgehead atoms. The second-order valence-corrected chi connectivity index (χ2v) is 4.42. The van der Waals surface area contributed by atoms with E-state index in [9.17, 15) is 9.59 Å². The summed E-state index contributed by atoms with van der Waals surface area (Å²) in [5.74, 6) is -0.00585. The van der Waals surface area contributed by atoms with Crippen LogP contribution in [0.25, 0.3) is 0 Å². The summed E-state index contributed by atoms with van der Waals surface area (Å²) in [6, 6.07) is 1.67. The Morgan fingerprint density at radius 2 is 2.00 bits per heavy atom. The standard InChI is InChI=1S/C12H20N4O4.C2H4O.C2H6/c1-8(7-19-11(17)6-13)20-9(2)16-5-4-10(14-3)15-12(16)18;1-2-3;1-2/h4-5,8-9H,6-7,13H2,1-3H3,(H,14,15,18);2H,1H3;1-2H3. The van der Waals surface area contributed by atoms with Crippen LogP contribution < -0.4 is 16.7 Å². The lowest BCUT2D eigenvalue weighted by atomic mass is 10.4. The van der Waals surface area contributed by atoms with Gasteiger partial charge in [0.25, 0.3) is 0 Å². The molecular formula is C16H30N4O5. The minimum absolute atomic E-state index is 0.0805. The lowest BCUT2D eigenvalue weighted by Crippen LogP contribution is -2.31. The highest BCUT2D eigenvalue weighted by Crippen LogP contribution is 2.09. The van der Waals surface area contributed by atoms with Crippen LogP contribution >= 0.6 is 0 Å². The molecule has 9 nitrogen and oxygen atoms in total. The van der Waals surface area contributed by atoms with Gasteiger partial charge in [-0.05, 0) is 26.8 Å². The van der Waals surface area contributed by atoms with Crippen molar-refractivity contribution in [3.63, 3.8) is 0 Å². The third-order valence-electron chi connectivity index (χ3n) is 2.55. The molecule has 0 aromatic carbocycles. The first-order chi connectivity index (χ1) is 11.9. The third kappa shape index (κ3) is 11.0. The molecule has 0 aliphatic heterocycles. The predicted octanol–water partition coefficient (Wildman–Crippen LogP) is 0.942. The normalized spacial score (nSPS) is 11.6. The van der Waals surface area contributed by atoms with Crippen molar-refractivity contribution in [1.29, 1.82) is 0 Å². The van der Waals surface area contributed by atoms with E-state index in [1.807, 2.05) is 13.8 Å². The Balaban J connectivity index is 0. The fourth-order valence-corrected chi connectivity index (χ4v) is 1.54. The van der Waals surface area contributed by atoms with E-state index in [0.717, 1.165) is 6.29 Å². The number of aromatic nitrogens is 2. The van der Waals surface area contributed by atoms with Crippen LogP contribution in [0.3, 0.4) is 0 Å². The minimum Gasteiger partial charge on any atom is -0.462 e. The van der Waals surface area contributed by atoms with E-state index >= 15 is 0 Å². The monoisotopic (exact) mass is 358 g/mol. The molecule has 1 rings (SSSR count). The molecule has 25 heavy (non-hydrogen) atoms. The van der Waals surface area contributed by atoms with Gasteiger partial charge in [0, 0.05) is 13.2 Å². The van der Waals surface area contributed by atoms with Gasteiger partial charge in [-0.25, -0.2) is 4.79 Å². The summed E-state index contributed by atoms with van der Waals surface area (Å²) in [5, 5.41) is 2.78. The van der Waals surface area contributed by atoms with Crippen molar-refractivity contribution in [2.24, 2.45) is 5.73 Å². The highest BCUT2D eigenvalue weighted by molar-refractivity contribution is 5.71. The molecule has 2 unspecified atom stereocenters. The summed E-state index contributed by atoms with van der Waals surface area (Å²) in [6.45, 7) is 8.80. The SMILES string of the molecule is CC.CC=O.CNc1ccn(C(C)OC(C)COC(=O)CN)c(=O)n1. The van der Waals surface area contributed by atoms with E-state index in [1.54, 1.807) is 33.2 Å². The van der Waals surface area contributed by atoms with E-state index in [-0.39, 0.29) is 19.3 Å². The number of hydrogen-bond acceptors (Lipinski definition) is 8. The second-order valence-electron chi connectivity index (χ2n) is 4.42. The minimum atomic E-state index is -0.521. The first kappa shape index (κ1) is 25.0. The van der Waals surface area contributed by atoms with Crippen LogP contribution in [0.4, 0.5) is 5.82 Å². The maximum atomic E-state index is 11.8. The zero-order chi connectivity index (χ0) is 19.8. The van der Waals surface area contributed by atoms with Gasteiger partial charge in [-0.3, -0.25) is 9.36 Å². The van der Waals surface area contributed by atoms with Crippen LogP contribution in [-0.2, 0) is 19.1 Å². The Hall–Kier alpha value is -2.26. The molecule has 0 radical (unpaired) electrons. The van der Waals surface area contributed by atoms with Crippen LogP contribution in [0.1, 0.15) is 40.8 Å². The lowest BCUT2D eigenvalue weighted by Gasteiger charge is -2.20. The maximum absolute atomic E-state index is 11.8. The number of aldehydes is 1. The van der Waals surface area contributed by atoms with Gasteiger partial charge in [-0.15, -0.1) is 0 Å². The Kier molecular flexibility index (Phi) is 15.3. The maximum Gasteiger partial charge on any atom is 0.351 e. The molecule has 0 saturated carbocycles. The topological polar surface area (TPSA) is 126 Å². The lowest BCUT2D eigenvalue weighted by molar-refractivity contribution is -0.148. The van der Waals surface area contributed by atoms with E-state index < -0.39 is 17.9 Å². The molecule has 0 aliphatic carbocycles. The molecule has 0 saturated heterocycles. The number of anilines is 1. The summed E-state index contributed by atoms with van der Waals surface area (Å²) in [4.78, 5) is 35.3. The average molecular weight is 358 g/mol. The Morgan fingerprint density at radius 1 is 1.44 bits per heavy atom. The molecule has 0 spiro atoms. The first-order valence-electron chi connectivity index (χ1n) is 8.07. The number of esters is 1. The third-order valence-corrected chi connectivity index (χ3v) is 2.55. The molecular weight excluding hydrogens is 328 g/mol. The van der Waals surface area contributed by atoms with Crippen molar-refractivity contribution in [2.75, 3.05) is 25.5 Å². The number of nitrogens with zero attached hydrogens (tertiary/aromatic N) is 2. The Bertz CT molecular complexity index is 548. The van der Waals surface area contributed by atoms with Crippen LogP contribution in [0.2, 0.25) is 0 Å². The highest BCUT2D eigenvalue weighted by Gasteiger charge is 2.13. The van der Waals surface area contributed by atoms with Gasteiger partial charge in [0.05, 0.1) is 12.6 Å². The summed E-state index contributed by atoms with van der Waals surface area (Å²) >= 11 is 0. The molecule has 0 amide bonds.